The summed E-state index contributed by atoms with van der Waals surface area (Å²) in [5, 5.41) is 3.29. The van der Waals surface area contributed by atoms with Crippen molar-refractivity contribution in [1.82, 2.24) is 5.32 Å². The Morgan fingerprint density at radius 1 is 1.27 bits per heavy atom. The highest BCUT2D eigenvalue weighted by molar-refractivity contribution is 7.84. The van der Waals surface area contributed by atoms with E-state index in [1.807, 2.05) is 6.92 Å². The molecule has 1 aromatic carbocycles. The largest absolute Gasteiger partial charge is 0.312 e. The standard InChI is InChI=1S/C12H19NOS/c1-3-15(14)9-8-13-10-12-6-4-11(2)5-7-12/h4-7,13H,3,8-10H2,1-2H3. The van der Waals surface area contributed by atoms with Gasteiger partial charge in [-0.2, -0.15) is 0 Å². The van der Waals surface area contributed by atoms with Crippen molar-refractivity contribution < 1.29 is 4.21 Å². The predicted octanol–water partition coefficient (Wildman–Crippen LogP) is 1.85. The van der Waals surface area contributed by atoms with Crippen LogP contribution in [-0.2, 0) is 17.3 Å². The minimum atomic E-state index is -0.651. The van der Waals surface area contributed by atoms with Crippen molar-refractivity contribution in [3.8, 4) is 0 Å². The highest BCUT2D eigenvalue weighted by atomic mass is 32.2. The van der Waals surface area contributed by atoms with Crippen LogP contribution in [0.1, 0.15) is 18.1 Å². The molecule has 0 aromatic heterocycles. The van der Waals surface area contributed by atoms with E-state index in [1.165, 1.54) is 11.1 Å². The molecule has 0 aliphatic heterocycles. The molecular weight excluding hydrogens is 206 g/mol. The Hall–Kier alpha value is -0.670. The fourth-order valence-corrected chi connectivity index (χ4v) is 1.93. The maximum atomic E-state index is 11.1. The zero-order chi connectivity index (χ0) is 11.1. The average Bonchev–Trinajstić information content (AvgIpc) is 2.26. The van der Waals surface area contributed by atoms with E-state index in [0.717, 1.165) is 24.6 Å². The second-order valence-corrected chi connectivity index (χ2v) is 5.46. The number of nitrogens with one attached hydrogen (secondary N) is 1. The smallest absolute Gasteiger partial charge is 0.0360 e. The number of hydrogen-bond acceptors (Lipinski definition) is 2. The number of benzene rings is 1. The van der Waals surface area contributed by atoms with E-state index >= 15 is 0 Å². The number of hydrogen-bond donors (Lipinski definition) is 1. The molecular formula is C12H19NOS. The molecule has 0 amide bonds. The molecule has 2 nitrogen and oxygen atoms in total. The zero-order valence-corrected chi connectivity index (χ0v) is 10.3. The van der Waals surface area contributed by atoms with Gasteiger partial charge in [0.05, 0.1) is 0 Å². The van der Waals surface area contributed by atoms with Gasteiger partial charge in [-0.1, -0.05) is 36.8 Å². The van der Waals surface area contributed by atoms with Crippen molar-refractivity contribution in [2.75, 3.05) is 18.1 Å². The van der Waals surface area contributed by atoms with Gasteiger partial charge in [0.15, 0.2) is 0 Å². The highest BCUT2D eigenvalue weighted by Crippen LogP contribution is 2.02. The predicted molar refractivity (Wildman–Crippen MR) is 66.4 cm³/mol. The van der Waals surface area contributed by atoms with Gasteiger partial charge in [0.25, 0.3) is 0 Å². The number of rotatable bonds is 6. The highest BCUT2D eigenvalue weighted by Gasteiger charge is 1.95. The summed E-state index contributed by atoms with van der Waals surface area (Å²) in [6.07, 6.45) is 0. The average molecular weight is 225 g/mol. The Labute approximate surface area is 94.5 Å². The van der Waals surface area contributed by atoms with Gasteiger partial charge < -0.3 is 5.32 Å². The molecule has 1 aromatic rings. The molecule has 1 N–H and O–H groups in total. The lowest BCUT2D eigenvalue weighted by Gasteiger charge is -2.04. The van der Waals surface area contributed by atoms with Crippen LogP contribution in [0, 0.1) is 6.92 Å². The third-order valence-electron chi connectivity index (χ3n) is 2.28. The van der Waals surface area contributed by atoms with Crippen LogP contribution >= 0.6 is 0 Å². The van der Waals surface area contributed by atoms with Crippen molar-refractivity contribution in [1.29, 1.82) is 0 Å². The molecule has 0 saturated heterocycles. The van der Waals surface area contributed by atoms with E-state index in [2.05, 4.69) is 36.5 Å². The normalized spacial score (nSPS) is 12.7. The molecule has 15 heavy (non-hydrogen) atoms. The van der Waals surface area contributed by atoms with Gasteiger partial charge in [-0.05, 0) is 12.5 Å². The van der Waals surface area contributed by atoms with Crippen LogP contribution in [0.2, 0.25) is 0 Å². The SMILES string of the molecule is CCS(=O)CCNCc1ccc(C)cc1. The van der Waals surface area contributed by atoms with Crippen LogP contribution in [0.4, 0.5) is 0 Å². The van der Waals surface area contributed by atoms with Gasteiger partial charge in [-0.15, -0.1) is 0 Å². The van der Waals surface area contributed by atoms with Crippen molar-refractivity contribution in [3.63, 3.8) is 0 Å². The molecule has 0 heterocycles. The molecule has 1 rings (SSSR count). The lowest BCUT2D eigenvalue weighted by Crippen LogP contribution is -2.20. The fourth-order valence-electron chi connectivity index (χ4n) is 1.27. The Morgan fingerprint density at radius 3 is 2.53 bits per heavy atom. The minimum Gasteiger partial charge on any atom is -0.312 e. The van der Waals surface area contributed by atoms with Crippen LogP contribution in [0.25, 0.3) is 0 Å². The van der Waals surface area contributed by atoms with E-state index in [1.54, 1.807) is 0 Å². The Balaban J connectivity index is 2.20. The Bertz CT molecular complexity index is 308. The third-order valence-corrected chi connectivity index (χ3v) is 3.58. The molecule has 1 unspecified atom stereocenters. The second-order valence-electron chi connectivity index (χ2n) is 3.60. The van der Waals surface area contributed by atoms with Crippen molar-refractivity contribution in [3.05, 3.63) is 35.4 Å². The Morgan fingerprint density at radius 2 is 1.93 bits per heavy atom. The first-order chi connectivity index (χ1) is 7.22. The summed E-state index contributed by atoms with van der Waals surface area (Å²) >= 11 is 0. The molecule has 0 aliphatic carbocycles. The monoisotopic (exact) mass is 225 g/mol. The summed E-state index contributed by atoms with van der Waals surface area (Å²) in [4.78, 5) is 0. The van der Waals surface area contributed by atoms with E-state index in [4.69, 9.17) is 0 Å². The van der Waals surface area contributed by atoms with Crippen LogP contribution in [-0.4, -0.2) is 22.3 Å². The summed E-state index contributed by atoms with van der Waals surface area (Å²) in [6, 6.07) is 8.47. The van der Waals surface area contributed by atoms with Gasteiger partial charge in [-0.3, -0.25) is 4.21 Å². The number of aryl methyl sites for hydroxylation is 1. The summed E-state index contributed by atoms with van der Waals surface area (Å²) in [7, 11) is -0.651. The van der Waals surface area contributed by atoms with E-state index in [-0.39, 0.29) is 0 Å². The maximum Gasteiger partial charge on any atom is 0.0360 e. The molecule has 3 heteroatoms. The van der Waals surface area contributed by atoms with E-state index in [0.29, 0.717) is 0 Å². The first-order valence-corrected chi connectivity index (χ1v) is 6.82. The van der Waals surface area contributed by atoms with Gasteiger partial charge in [0.2, 0.25) is 0 Å². The minimum absolute atomic E-state index is 0.651. The van der Waals surface area contributed by atoms with E-state index in [9.17, 15) is 4.21 Å². The first-order valence-electron chi connectivity index (χ1n) is 5.33. The molecule has 0 fully saturated rings. The van der Waals surface area contributed by atoms with Crippen LogP contribution in [0.5, 0.6) is 0 Å². The lowest BCUT2D eigenvalue weighted by molar-refractivity contribution is 0.674. The first kappa shape index (κ1) is 12.4. The maximum absolute atomic E-state index is 11.1. The second kappa shape index (κ2) is 6.75. The van der Waals surface area contributed by atoms with Crippen molar-refractivity contribution in [2.45, 2.75) is 20.4 Å². The van der Waals surface area contributed by atoms with E-state index < -0.39 is 10.8 Å². The zero-order valence-electron chi connectivity index (χ0n) is 9.45. The van der Waals surface area contributed by atoms with Crippen LogP contribution < -0.4 is 5.32 Å². The van der Waals surface area contributed by atoms with Crippen molar-refractivity contribution >= 4 is 10.8 Å². The molecule has 84 valence electrons. The summed E-state index contributed by atoms with van der Waals surface area (Å²) < 4.78 is 11.1. The Kier molecular flexibility index (Phi) is 5.58. The third kappa shape index (κ3) is 5.09. The topological polar surface area (TPSA) is 29.1 Å². The van der Waals surface area contributed by atoms with Gasteiger partial charge >= 0.3 is 0 Å². The molecule has 0 spiro atoms. The van der Waals surface area contributed by atoms with Crippen molar-refractivity contribution in [2.24, 2.45) is 0 Å². The summed E-state index contributed by atoms with van der Waals surface area (Å²) in [5.41, 5.74) is 2.56. The fraction of sp³-hybridized carbons (Fsp3) is 0.500. The molecule has 0 radical (unpaired) electrons. The molecule has 0 aliphatic rings. The summed E-state index contributed by atoms with van der Waals surface area (Å²) in [6.45, 7) is 5.73. The van der Waals surface area contributed by atoms with Gasteiger partial charge in [-0.25, -0.2) is 0 Å². The molecule has 0 saturated carbocycles. The molecule has 1 atom stereocenters. The lowest BCUT2D eigenvalue weighted by atomic mass is 10.1. The molecule has 0 bridgehead atoms. The van der Waals surface area contributed by atoms with Crippen LogP contribution in [0.15, 0.2) is 24.3 Å². The summed E-state index contributed by atoms with van der Waals surface area (Å²) in [5.74, 6) is 1.51. The quantitative estimate of drug-likeness (QED) is 0.749. The van der Waals surface area contributed by atoms with Crippen LogP contribution in [0.3, 0.4) is 0 Å². The van der Waals surface area contributed by atoms with Gasteiger partial charge in [0, 0.05) is 35.4 Å². The van der Waals surface area contributed by atoms with Gasteiger partial charge in [0.1, 0.15) is 0 Å².